The maximum absolute atomic E-state index is 12.0. The Balaban J connectivity index is 2.70. The minimum atomic E-state index is -1.50. The number of hydrogen-bond acceptors (Lipinski definition) is 6. The van der Waals surface area contributed by atoms with E-state index in [9.17, 15) is 18.6 Å². The molecule has 1 amide bonds. The molecule has 0 saturated heterocycles. The predicted octanol–water partition coefficient (Wildman–Crippen LogP) is 1.31. The Morgan fingerprint density at radius 1 is 1.12 bits per heavy atom. The van der Waals surface area contributed by atoms with Gasteiger partial charge in [-0.15, -0.1) is 0 Å². The highest BCUT2D eigenvalue weighted by Crippen LogP contribution is 2.06. The number of benzene rings is 1. The third-order valence-electron chi connectivity index (χ3n) is 2.88. The van der Waals surface area contributed by atoms with E-state index in [1.165, 1.54) is 5.41 Å². The van der Waals surface area contributed by atoms with Crippen LogP contribution in [0.15, 0.2) is 46.7 Å². The molecule has 0 aliphatic rings. The van der Waals surface area contributed by atoms with E-state index < -0.39 is 34.7 Å². The summed E-state index contributed by atoms with van der Waals surface area (Å²) in [7, 11) is -1.50. The molecule has 0 bridgehead atoms. The summed E-state index contributed by atoms with van der Waals surface area (Å²) in [5, 5.41) is 3.57. The molecule has 0 saturated carbocycles. The molecule has 1 aromatic carbocycles. The summed E-state index contributed by atoms with van der Waals surface area (Å²) in [5.41, 5.74) is 0. The fourth-order valence-electron chi connectivity index (χ4n) is 1.80. The third kappa shape index (κ3) is 7.75. The Kier molecular flexibility index (Phi) is 9.16. The van der Waals surface area contributed by atoms with Crippen molar-refractivity contribution in [3.05, 3.63) is 41.8 Å². The Morgan fingerprint density at radius 3 is 2.36 bits per heavy atom. The van der Waals surface area contributed by atoms with Gasteiger partial charge in [-0.1, -0.05) is 18.2 Å². The Hall–Kier alpha value is -2.48. The topological polar surface area (TPSA) is 98.8 Å². The molecule has 0 aromatic heterocycles. The normalized spacial score (nSPS) is 13.0. The zero-order valence-corrected chi connectivity index (χ0v) is 14.9. The van der Waals surface area contributed by atoms with Gasteiger partial charge in [-0.25, -0.2) is 9.00 Å². The van der Waals surface area contributed by atoms with Crippen molar-refractivity contribution in [1.29, 1.82) is 0 Å². The van der Waals surface area contributed by atoms with E-state index in [4.69, 9.17) is 9.47 Å². The molecule has 0 aliphatic carbocycles. The van der Waals surface area contributed by atoms with Gasteiger partial charge in [-0.2, -0.15) is 0 Å². The van der Waals surface area contributed by atoms with Crippen LogP contribution in [-0.2, 0) is 34.7 Å². The second-order valence-electron chi connectivity index (χ2n) is 4.74. The first-order valence-corrected chi connectivity index (χ1v) is 8.95. The summed E-state index contributed by atoms with van der Waals surface area (Å²) in [6.45, 7) is 3.53. The molecule has 0 fully saturated rings. The number of esters is 2. The monoisotopic (exact) mass is 367 g/mol. The van der Waals surface area contributed by atoms with Gasteiger partial charge in [0.25, 0.3) is 0 Å². The van der Waals surface area contributed by atoms with E-state index in [1.54, 1.807) is 44.2 Å². The predicted molar refractivity (Wildman–Crippen MR) is 91.8 cm³/mol. The van der Waals surface area contributed by atoms with Gasteiger partial charge in [-0.3, -0.25) is 9.59 Å². The molecule has 8 heteroatoms. The van der Waals surface area contributed by atoms with Crippen molar-refractivity contribution in [3.8, 4) is 0 Å². The van der Waals surface area contributed by atoms with Gasteiger partial charge in [0.15, 0.2) is 0 Å². The van der Waals surface area contributed by atoms with Gasteiger partial charge in [-0.05, 0) is 26.0 Å². The van der Waals surface area contributed by atoms with E-state index in [-0.39, 0.29) is 19.6 Å². The number of rotatable bonds is 9. The summed E-state index contributed by atoms with van der Waals surface area (Å²) in [5.74, 6) is -2.02. The van der Waals surface area contributed by atoms with Crippen LogP contribution in [-0.4, -0.2) is 41.3 Å². The molecule has 1 rings (SSSR count). The minimum absolute atomic E-state index is 0.113. The Labute approximate surface area is 148 Å². The largest absolute Gasteiger partial charge is 0.466 e. The first-order chi connectivity index (χ1) is 12.0. The third-order valence-corrected chi connectivity index (χ3v) is 4.00. The number of nitrogens with one attached hydrogen (secondary N) is 1. The molecule has 2 atom stereocenters. The second-order valence-corrected chi connectivity index (χ2v) is 6.07. The van der Waals surface area contributed by atoms with Gasteiger partial charge >= 0.3 is 11.9 Å². The number of amides is 1. The van der Waals surface area contributed by atoms with E-state index in [1.807, 2.05) is 0 Å². The van der Waals surface area contributed by atoms with Crippen LogP contribution in [0.2, 0.25) is 0 Å². The number of ether oxygens (including phenoxy) is 2. The molecule has 0 spiro atoms. The van der Waals surface area contributed by atoms with Crippen LogP contribution in [0.1, 0.15) is 20.3 Å². The average Bonchev–Trinajstić information content (AvgIpc) is 2.60. The second kappa shape index (κ2) is 11.1. The number of hydrogen-bond donors (Lipinski definition) is 1. The quantitative estimate of drug-likeness (QED) is 0.522. The van der Waals surface area contributed by atoms with Crippen LogP contribution < -0.4 is 5.32 Å². The molecular formula is C17H21NO6S. The van der Waals surface area contributed by atoms with Gasteiger partial charge in [0.05, 0.1) is 30.4 Å². The lowest BCUT2D eigenvalue weighted by atomic mass is 10.2. The van der Waals surface area contributed by atoms with Crippen molar-refractivity contribution in [2.24, 2.45) is 0 Å². The molecule has 1 aromatic rings. The number of carbonyl (C=O) groups excluding carboxylic acids is 3. The molecular weight excluding hydrogens is 346 g/mol. The highest BCUT2D eigenvalue weighted by molar-refractivity contribution is 7.88. The van der Waals surface area contributed by atoms with Crippen molar-refractivity contribution >= 4 is 28.6 Å². The maximum atomic E-state index is 12.0. The molecule has 25 heavy (non-hydrogen) atoms. The zero-order chi connectivity index (χ0) is 18.7. The average molecular weight is 367 g/mol. The van der Waals surface area contributed by atoms with Crippen molar-refractivity contribution in [2.45, 2.75) is 31.2 Å². The summed E-state index contributed by atoms with van der Waals surface area (Å²) < 4.78 is 21.6. The molecule has 1 unspecified atom stereocenters. The van der Waals surface area contributed by atoms with Gasteiger partial charge in [0.1, 0.15) is 6.04 Å². The van der Waals surface area contributed by atoms with Crippen LogP contribution >= 0.6 is 0 Å². The zero-order valence-electron chi connectivity index (χ0n) is 14.1. The van der Waals surface area contributed by atoms with E-state index in [0.29, 0.717) is 4.90 Å². The maximum Gasteiger partial charge on any atom is 0.329 e. The van der Waals surface area contributed by atoms with Crippen LogP contribution in [0.4, 0.5) is 0 Å². The van der Waals surface area contributed by atoms with Gasteiger partial charge in [0.2, 0.25) is 5.91 Å². The van der Waals surface area contributed by atoms with Gasteiger partial charge in [0, 0.05) is 16.4 Å². The molecule has 136 valence electrons. The van der Waals surface area contributed by atoms with E-state index in [0.717, 1.165) is 6.08 Å². The lowest BCUT2D eigenvalue weighted by Crippen LogP contribution is -2.43. The summed E-state index contributed by atoms with van der Waals surface area (Å²) in [4.78, 5) is 35.9. The first-order valence-electron chi connectivity index (χ1n) is 7.74. The summed E-state index contributed by atoms with van der Waals surface area (Å²) in [6, 6.07) is 7.42. The summed E-state index contributed by atoms with van der Waals surface area (Å²) >= 11 is 0. The first kappa shape index (κ1) is 20.6. The van der Waals surface area contributed by atoms with Crippen molar-refractivity contribution in [3.63, 3.8) is 0 Å². The van der Waals surface area contributed by atoms with Crippen LogP contribution in [0.5, 0.6) is 0 Å². The smallest absolute Gasteiger partial charge is 0.329 e. The van der Waals surface area contributed by atoms with E-state index in [2.05, 4.69) is 5.32 Å². The summed E-state index contributed by atoms with van der Waals surface area (Å²) in [6.07, 6.45) is 0.717. The molecule has 0 radical (unpaired) electrons. The fourth-order valence-corrected chi connectivity index (χ4v) is 2.63. The van der Waals surface area contributed by atoms with Gasteiger partial charge < -0.3 is 14.8 Å². The SMILES string of the molecule is CCOC(=O)C[C@@H](NC(=O)/C=C/S(=O)c1ccccc1)C(=O)OCC. The number of carbonyl (C=O) groups is 3. The standard InChI is InChI=1S/C17H21NO6S/c1-3-23-16(20)12-14(17(21)24-4-2)18-15(19)10-11-25(22)13-8-6-5-7-9-13/h5-11,14H,3-4,12H2,1-2H3,(H,18,19)/b11-10+/t14-,25?/m1/s1. The highest BCUT2D eigenvalue weighted by atomic mass is 32.2. The van der Waals surface area contributed by atoms with Crippen molar-refractivity contribution in [2.75, 3.05) is 13.2 Å². The molecule has 7 nitrogen and oxygen atoms in total. The van der Waals surface area contributed by atoms with E-state index >= 15 is 0 Å². The minimum Gasteiger partial charge on any atom is -0.466 e. The van der Waals surface area contributed by atoms with Crippen LogP contribution in [0.25, 0.3) is 0 Å². The van der Waals surface area contributed by atoms with Crippen molar-refractivity contribution in [1.82, 2.24) is 5.32 Å². The molecule has 0 aliphatic heterocycles. The Bertz CT molecular complexity index is 644. The van der Waals surface area contributed by atoms with Crippen LogP contribution in [0.3, 0.4) is 0 Å². The highest BCUT2D eigenvalue weighted by Gasteiger charge is 2.25. The fraction of sp³-hybridized carbons (Fsp3) is 0.353. The molecule has 0 heterocycles. The lowest BCUT2D eigenvalue weighted by molar-refractivity contribution is -0.153. The lowest BCUT2D eigenvalue weighted by Gasteiger charge is -2.15. The molecule has 1 N–H and O–H groups in total. The van der Waals surface area contributed by atoms with Crippen LogP contribution in [0, 0.1) is 0 Å². The Morgan fingerprint density at radius 2 is 1.76 bits per heavy atom. The van der Waals surface area contributed by atoms with Crippen molar-refractivity contribution < 1.29 is 28.1 Å².